The molecule has 0 radical (unpaired) electrons. The summed E-state index contributed by atoms with van der Waals surface area (Å²) in [6, 6.07) is 77.8. The molecule has 0 aliphatic heterocycles. The molecule has 284 valence electrons. The van der Waals surface area contributed by atoms with E-state index in [1.165, 1.54) is 82.7 Å². The Morgan fingerprint density at radius 1 is 0.367 bits per heavy atom. The van der Waals surface area contributed by atoms with E-state index < -0.39 is 0 Å². The van der Waals surface area contributed by atoms with Crippen LogP contribution in [0.4, 0.5) is 17.1 Å². The number of benzene rings is 9. The quantitative estimate of drug-likeness (QED) is 0.164. The van der Waals surface area contributed by atoms with Crippen LogP contribution in [-0.4, -0.2) is 9.13 Å². The van der Waals surface area contributed by atoms with Gasteiger partial charge in [-0.25, -0.2) is 0 Å². The van der Waals surface area contributed by atoms with Crippen LogP contribution >= 0.6 is 0 Å². The lowest BCUT2D eigenvalue weighted by atomic mass is 9.82. The van der Waals surface area contributed by atoms with Crippen LogP contribution in [0, 0.1) is 0 Å². The van der Waals surface area contributed by atoms with Gasteiger partial charge in [0.2, 0.25) is 0 Å². The molecule has 12 rings (SSSR count). The van der Waals surface area contributed by atoms with Crippen molar-refractivity contribution in [3.05, 3.63) is 223 Å². The van der Waals surface area contributed by atoms with E-state index in [1.54, 1.807) is 0 Å². The first-order valence-corrected chi connectivity index (χ1v) is 20.9. The molecule has 11 aromatic rings. The SMILES string of the molecule is CC1(C)c2cc(N(c3ccccc3)c3ccc4c5ccccc5n(-c5ccc(-c6ccccc6)cc5)c4c3)ccc2-c2c(-n3c4ccccc4c4ccccc43)cccc21. The Balaban J connectivity index is 1.03. The van der Waals surface area contributed by atoms with Gasteiger partial charge in [0, 0.05) is 55.3 Å². The Kier molecular flexibility index (Phi) is 7.58. The average molecular weight is 768 g/mol. The van der Waals surface area contributed by atoms with E-state index in [0.29, 0.717) is 0 Å². The highest BCUT2D eigenvalue weighted by atomic mass is 15.1. The molecule has 0 atom stereocenters. The summed E-state index contributed by atoms with van der Waals surface area (Å²) < 4.78 is 4.90. The maximum atomic E-state index is 2.47. The van der Waals surface area contributed by atoms with Gasteiger partial charge < -0.3 is 14.0 Å². The molecular formula is C57H41N3. The van der Waals surface area contributed by atoms with Crippen LogP contribution < -0.4 is 4.90 Å². The number of anilines is 3. The predicted molar refractivity (Wildman–Crippen MR) is 253 cm³/mol. The minimum Gasteiger partial charge on any atom is -0.310 e. The number of rotatable bonds is 6. The second kappa shape index (κ2) is 13.2. The van der Waals surface area contributed by atoms with Crippen molar-refractivity contribution in [1.82, 2.24) is 9.13 Å². The molecule has 0 unspecified atom stereocenters. The van der Waals surface area contributed by atoms with E-state index in [-0.39, 0.29) is 5.41 Å². The Hall–Kier alpha value is -7.62. The van der Waals surface area contributed by atoms with Gasteiger partial charge in [-0.3, -0.25) is 0 Å². The Morgan fingerprint density at radius 3 is 1.57 bits per heavy atom. The van der Waals surface area contributed by atoms with Gasteiger partial charge in [0.05, 0.1) is 27.8 Å². The van der Waals surface area contributed by atoms with Crippen LogP contribution in [0.5, 0.6) is 0 Å². The topological polar surface area (TPSA) is 13.1 Å². The van der Waals surface area contributed by atoms with E-state index in [2.05, 4.69) is 240 Å². The molecule has 0 saturated carbocycles. The van der Waals surface area contributed by atoms with Crippen molar-refractivity contribution in [3.63, 3.8) is 0 Å². The largest absolute Gasteiger partial charge is 0.310 e. The molecule has 1 aliphatic rings. The molecule has 2 heterocycles. The van der Waals surface area contributed by atoms with Gasteiger partial charge in [0.1, 0.15) is 0 Å². The predicted octanol–water partition coefficient (Wildman–Crippen LogP) is 15.3. The smallest absolute Gasteiger partial charge is 0.0561 e. The summed E-state index contributed by atoms with van der Waals surface area (Å²) in [6.07, 6.45) is 0. The van der Waals surface area contributed by atoms with Gasteiger partial charge >= 0.3 is 0 Å². The number of nitrogens with zero attached hydrogens (tertiary/aromatic N) is 3. The fourth-order valence-electron chi connectivity index (χ4n) is 10.1. The van der Waals surface area contributed by atoms with Gasteiger partial charge in [-0.05, 0) is 101 Å². The molecule has 2 aromatic heterocycles. The molecular weight excluding hydrogens is 727 g/mol. The molecule has 0 bridgehead atoms. The second-order valence-electron chi connectivity index (χ2n) is 16.6. The lowest BCUT2D eigenvalue weighted by Gasteiger charge is -2.28. The van der Waals surface area contributed by atoms with E-state index in [4.69, 9.17) is 0 Å². The molecule has 0 N–H and O–H groups in total. The third-order valence-electron chi connectivity index (χ3n) is 12.9. The number of hydrogen-bond donors (Lipinski definition) is 0. The monoisotopic (exact) mass is 767 g/mol. The lowest BCUT2D eigenvalue weighted by molar-refractivity contribution is 0.660. The summed E-state index contributed by atoms with van der Waals surface area (Å²) in [5.74, 6) is 0. The molecule has 0 saturated heterocycles. The fraction of sp³-hybridized carbons (Fsp3) is 0.0526. The maximum Gasteiger partial charge on any atom is 0.0561 e. The van der Waals surface area contributed by atoms with Crippen LogP contribution in [0.2, 0.25) is 0 Å². The standard InChI is InChI=1S/C57H41N3/c1-57(2)49-23-15-27-54(60-52-25-13-10-20-44(52)45-21-11-14-26-53(45)60)56(49)48-35-33-42(36-50(48)57)58(40-18-7-4-8-19-40)43-32-34-47-46-22-9-12-24-51(46)59(55(47)37-43)41-30-28-39(29-31-41)38-16-5-3-6-17-38/h3-37H,1-2H3. The molecule has 3 heteroatoms. The number of para-hydroxylation sites is 4. The normalized spacial score (nSPS) is 13.0. The zero-order valence-electron chi connectivity index (χ0n) is 33.5. The number of hydrogen-bond acceptors (Lipinski definition) is 1. The van der Waals surface area contributed by atoms with Crippen molar-refractivity contribution in [1.29, 1.82) is 0 Å². The summed E-state index contributed by atoms with van der Waals surface area (Å²) in [4.78, 5) is 2.42. The third kappa shape index (κ3) is 5.09. The average Bonchev–Trinajstić information content (AvgIpc) is 3.90. The molecule has 0 amide bonds. The highest BCUT2D eigenvalue weighted by Gasteiger charge is 2.38. The highest BCUT2D eigenvalue weighted by molar-refractivity contribution is 6.11. The highest BCUT2D eigenvalue weighted by Crippen LogP contribution is 2.53. The number of fused-ring (bicyclic) bond motifs is 9. The maximum absolute atomic E-state index is 2.47. The summed E-state index contributed by atoms with van der Waals surface area (Å²) in [5, 5.41) is 5.03. The second-order valence-corrected chi connectivity index (χ2v) is 16.6. The first-order chi connectivity index (χ1) is 29.5. The fourth-order valence-corrected chi connectivity index (χ4v) is 10.1. The Morgan fingerprint density at radius 2 is 0.900 bits per heavy atom. The Labute approximate surface area is 349 Å². The van der Waals surface area contributed by atoms with Gasteiger partial charge in [-0.15, -0.1) is 0 Å². The molecule has 60 heavy (non-hydrogen) atoms. The summed E-state index contributed by atoms with van der Waals surface area (Å²) in [5.41, 5.74) is 18.0. The van der Waals surface area contributed by atoms with E-state index in [0.717, 1.165) is 22.7 Å². The van der Waals surface area contributed by atoms with Crippen LogP contribution in [0.1, 0.15) is 25.0 Å². The van der Waals surface area contributed by atoms with Crippen LogP contribution in [0.15, 0.2) is 212 Å². The molecule has 9 aromatic carbocycles. The summed E-state index contributed by atoms with van der Waals surface area (Å²) in [6.45, 7) is 4.77. The van der Waals surface area contributed by atoms with Gasteiger partial charge in [-0.1, -0.05) is 153 Å². The van der Waals surface area contributed by atoms with Crippen molar-refractivity contribution >= 4 is 60.7 Å². The lowest BCUT2D eigenvalue weighted by Crippen LogP contribution is -2.16. The zero-order chi connectivity index (χ0) is 40.0. The first-order valence-electron chi connectivity index (χ1n) is 20.9. The molecule has 0 spiro atoms. The molecule has 1 aliphatic carbocycles. The summed E-state index contributed by atoms with van der Waals surface area (Å²) >= 11 is 0. The van der Waals surface area contributed by atoms with Crippen molar-refractivity contribution in [2.45, 2.75) is 19.3 Å². The van der Waals surface area contributed by atoms with Crippen molar-refractivity contribution in [3.8, 4) is 33.6 Å². The first kappa shape index (κ1) is 34.4. The van der Waals surface area contributed by atoms with Crippen molar-refractivity contribution < 1.29 is 0 Å². The van der Waals surface area contributed by atoms with Gasteiger partial charge in [0.15, 0.2) is 0 Å². The van der Waals surface area contributed by atoms with E-state index >= 15 is 0 Å². The van der Waals surface area contributed by atoms with Crippen LogP contribution in [0.25, 0.3) is 77.2 Å². The summed E-state index contributed by atoms with van der Waals surface area (Å²) in [7, 11) is 0. The van der Waals surface area contributed by atoms with Crippen LogP contribution in [-0.2, 0) is 5.41 Å². The molecule has 3 nitrogen and oxygen atoms in total. The van der Waals surface area contributed by atoms with Gasteiger partial charge in [-0.2, -0.15) is 0 Å². The van der Waals surface area contributed by atoms with E-state index in [9.17, 15) is 0 Å². The van der Waals surface area contributed by atoms with E-state index in [1.807, 2.05) is 0 Å². The third-order valence-corrected chi connectivity index (χ3v) is 12.9. The van der Waals surface area contributed by atoms with Gasteiger partial charge in [0.25, 0.3) is 0 Å². The van der Waals surface area contributed by atoms with Crippen LogP contribution in [0.3, 0.4) is 0 Å². The minimum atomic E-state index is -0.222. The minimum absolute atomic E-state index is 0.222. The van der Waals surface area contributed by atoms with Crippen molar-refractivity contribution in [2.24, 2.45) is 0 Å². The zero-order valence-corrected chi connectivity index (χ0v) is 33.5. The van der Waals surface area contributed by atoms with Crippen molar-refractivity contribution in [2.75, 3.05) is 4.90 Å². The molecule has 0 fully saturated rings. The Bertz CT molecular complexity index is 3390. The number of aromatic nitrogens is 2.